The maximum absolute atomic E-state index is 11.6. The highest BCUT2D eigenvalue weighted by Crippen LogP contribution is 2.21. The molecule has 0 heterocycles. The lowest BCUT2D eigenvalue weighted by Crippen LogP contribution is -2.51. The van der Waals surface area contributed by atoms with Gasteiger partial charge in [-0.25, -0.2) is 0 Å². The summed E-state index contributed by atoms with van der Waals surface area (Å²) < 4.78 is 0. The van der Waals surface area contributed by atoms with Gasteiger partial charge in [-0.2, -0.15) is 0 Å². The van der Waals surface area contributed by atoms with E-state index in [2.05, 4.69) is 5.32 Å². The number of amides is 1. The lowest BCUT2D eigenvalue weighted by atomic mass is 9.84. The number of hydrogen-bond donors (Lipinski definition) is 4. The van der Waals surface area contributed by atoms with Crippen LogP contribution >= 0.6 is 0 Å². The van der Waals surface area contributed by atoms with E-state index in [9.17, 15) is 14.4 Å². The van der Waals surface area contributed by atoms with E-state index in [4.69, 9.17) is 15.9 Å². The van der Waals surface area contributed by atoms with Gasteiger partial charge < -0.3 is 21.3 Å². The molecular weight excluding hydrogens is 240 g/mol. The van der Waals surface area contributed by atoms with E-state index in [1.807, 2.05) is 0 Å². The standard InChI is InChI=1S/C11H20N2O5/c1-11(2,3)7(5-9(16)17)13-10(18)6(12)4-8(14)15/h6-7H,4-5,12H2,1-3H3,(H,13,18)(H,14,15)(H,16,17). The third kappa shape index (κ3) is 6.19. The summed E-state index contributed by atoms with van der Waals surface area (Å²) >= 11 is 0. The van der Waals surface area contributed by atoms with Gasteiger partial charge in [0.05, 0.1) is 18.9 Å². The Kier molecular flexibility index (Phi) is 5.77. The summed E-state index contributed by atoms with van der Waals surface area (Å²) in [5.74, 6) is -2.87. The lowest BCUT2D eigenvalue weighted by molar-refractivity contribution is -0.141. The van der Waals surface area contributed by atoms with Crippen molar-refractivity contribution >= 4 is 17.8 Å². The molecule has 2 atom stereocenters. The molecule has 0 fully saturated rings. The van der Waals surface area contributed by atoms with Crippen LogP contribution in [0.25, 0.3) is 0 Å². The van der Waals surface area contributed by atoms with Crippen LogP contribution in [0, 0.1) is 5.41 Å². The van der Waals surface area contributed by atoms with Crippen molar-refractivity contribution in [3.63, 3.8) is 0 Å². The average Bonchev–Trinajstić information content (AvgIpc) is 2.13. The average molecular weight is 260 g/mol. The second-order valence-electron chi connectivity index (χ2n) is 5.23. The molecule has 0 saturated heterocycles. The van der Waals surface area contributed by atoms with Gasteiger partial charge in [-0.15, -0.1) is 0 Å². The maximum Gasteiger partial charge on any atom is 0.305 e. The summed E-state index contributed by atoms with van der Waals surface area (Å²) in [4.78, 5) is 32.8. The number of carboxylic acid groups (broad SMARTS) is 2. The second kappa shape index (κ2) is 6.34. The molecule has 1 amide bonds. The summed E-state index contributed by atoms with van der Waals surface area (Å²) in [6, 6.07) is -1.79. The van der Waals surface area contributed by atoms with E-state index in [0.717, 1.165) is 0 Å². The van der Waals surface area contributed by atoms with Crippen molar-refractivity contribution in [2.45, 2.75) is 45.7 Å². The molecule has 0 saturated carbocycles. The predicted molar refractivity (Wildman–Crippen MR) is 63.9 cm³/mol. The van der Waals surface area contributed by atoms with Crippen LogP contribution in [0.1, 0.15) is 33.6 Å². The molecule has 18 heavy (non-hydrogen) atoms. The first kappa shape index (κ1) is 16.4. The Morgan fingerprint density at radius 2 is 1.56 bits per heavy atom. The molecule has 0 bridgehead atoms. The van der Waals surface area contributed by atoms with Crippen molar-refractivity contribution in [3.8, 4) is 0 Å². The molecule has 0 aliphatic rings. The van der Waals surface area contributed by atoms with Crippen LogP contribution in [0.3, 0.4) is 0 Å². The highest BCUT2D eigenvalue weighted by atomic mass is 16.4. The molecule has 104 valence electrons. The summed E-state index contributed by atoms with van der Waals surface area (Å²) in [6.45, 7) is 5.34. The Balaban J connectivity index is 4.63. The summed E-state index contributed by atoms with van der Waals surface area (Å²) in [6.07, 6.45) is -0.731. The van der Waals surface area contributed by atoms with Crippen molar-refractivity contribution in [1.29, 1.82) is 0 Å². The number of rotatable bonds is 6. The van der Waals surface area contributed by atoms with Crippen LogP contribution in [0.4, 0.5) is 0 Å². The molecule has 0 aliphatic carbocycles. The number of nitrogens with one attached hydrogen (secondary N) is 1. The van der Waals surface area contributed by atoms with Gasteiger partial charge >= 0.3 is 11.9 Å². The van der Waals surface area contributed by atoms with Crippen molar-refractivity contribution in [3.05, 3.63) is 0 Å². The van der Waals surface area contributed by atoms with Crippen LogP contribution in [-0.2, 0) is 14.4 Å². The summed E-state index contributed by atoms with van der Waals surface area (Å²) in [5, 5.41) is 19.8. The Morgan fingerprint density at radius 1 is 1.11 bits per heavy atom. The molecule has 7 nitrogen and oxygen atoms in total. The number of hydrogen-bond acceptors (Lipinski definition) is 4. The Hall–Kier alpha value is -1.63. The number of aliphatic carboxylic acids is 2. The lowest BCUT2D eigenvalue weighted by Gasteiger charge is -2.31. The van der Waals surface area contributed by atoms with E-state index < -0.39 is 41.8 Å². The van der Waals surface area contributed by atoms with Crippen molar-refractivity contribution in [2.75, 3.05) is 0 Å². The number of nitrogens with two attached hydrogens (primary N) is 1. The minimum absolute atomic E-state index is 0.241. The fraction of sp³-hybridized carbons (Fsp3) is 0.727. The zero-order valence-electron chi connectivity index (χ0n) is 10.8. The fourth-order valence-electron chi connectivity index (χ4n) is 1.31. The molecule has 0 spiro atoms. The van der Waals surface area contributed by atoms with Crippen molar-refractivity contribution in [1.82, 2.24) is 5.32 Å². The first-order valence-corrected chi connectivity index (χ1v) is 5.53. The molecule has 0 aromatic heterocycles. The van der Waals surface area contributed by atoms with Crippen LogP contribution in [0.5, 0.6) is 0 Å². The quantitative estimate of drug-likeness (QED) is 0.523. The van der Waals surface area contributed by atoms with E-state index >= 15 is 0 Å². The molecule has 2 unspecified atom stereocenters. The molecular formula is C11H20N2O5. The van der Waals surface area contributed by atoms with Crippen molar-refractivity contribution < 1.29 is 24.6 Å². The van der Waals surface area contributed by atoms with Crippen LogP contribution in [0.15, 0.2) is 0 Å². The maximum atomic E-state index is 11.6. The monoisotopic (exact) mass is 260 g/mol. The highest BCUT2D eigenvalue weighted by molar-refractivity contribution is 5.86. The molecule has 0 radical (unpaired) electrons. The highest BCUT2D eigenvalue weighted by Gasteiger charge is 2.30. The SMILES string of the molecule is CC(C)(C)C(CC(=O)O)NC(=O)C(N)CC(=O)O. The number of carbonyl (C=O) groups excluding carboxylic acids is 1. The van der Waals surface area contributed by atoms with Gasteiger partial charge in [0.25, 0.3) is 0 Å². The fourth-order valence-corrected chi connectivity index (χ4v) is 1.31. The largest absolute Gasteiger partial charge is 0.481 e. The Morgan fingerprint density at radius 3 is 1.89 bits per heavy atom. The van der Waals surface area contributed by atoms with Gasteiger partial charge in [0.2, 0.25) is 5.91 Å². The first-order valence-electron chi connectivity index (χ1n) is 5.53. The number of carboxylic acids is 2. The van der Waals surface area contributed by atoms with Gasteiger partial charge in [0.15, 0.2) is 0 Å². The Labute approximate surface area is 105 Å². The first-order chi connectivity index (χ1) is 8.04. The molecule has 7 heteroatoms. The molecule has 0 aromatic rings. The van der Waals surface area contributed by atoms with Crippen molar-refractivity contribution in [2.24, 2.45) is 11.1 Å². The third-order valence-corrected chi connectivity index (χ3v) is 2.47. The van der Waals surface area contributed by atoms with Gasteiger partial charge in [0, 0.05) is 6.04 Å². The normalized spacial score (nSPS) is 14.7. The van der Waals surface area contributed by atoms with E-state index in [1.165, 1.54) is 0 Å². The van der Waals surface area contributed by atoms with Crippen LogP contribution in [-0.4, -0.2) is 40.1 Å². The molecule has 0 aliphatic heterocycles. The van der Waals surface area contributed by atoms with Gasteiger partial charge in [-0.3, -0.25) is 14.4 Å². The van der Waals surface area contributed by atoms with Gasteiger partial charge in [0.1, 0.15) is 0 Å². The minimum Gasteiger partial charge on any atom is -0.481 e. The smallest absolute Gasteiger partial charge is 0.305 e. The van der Waals surface area contributed by atoms with E-state index in [1.54, 1.807) is 20.8 Å². The summed E-state index contributed by atoms with van der Waals surface area (Å²) in [7, 11) is 0. The van der Waals surface area contributed by atoms with Crippen LogP contribution in [0.2, 0.25) is 0 Å². The summed E-state index contributed by atoms with van der Waals surface area (Å²) in [5.41, 5.74) is 4.94. The number of carbonyl (C=O) groups is 3. The predicted octanol–water partition coefficient (Wildman–Crippen LogP) is -0.206. The third-order valence-electron chi connectivity index (χ3n) is 2.47. The molecule has 0 aromatic carbocycles. The second-order valence-corrected chi connectivity index (χ2v) is 5.23. The zero-order valence-corrected chi connectivity index (χ0v) is 10.8. The van der Waals surface area contributed by atoms with E-state index in [0.29, 0.717) is 0 Å². The van der Waals surface area contributed by atoms with E-state index in [-0.39, 0.29) is 6.42 Å². The molecule has 0 rings (SSSR count). The molecule has 5 N–H and O–H groups in total. The Bertz CT molecular complexity index is 335. The topological polar surface area (TPSA) is 130 Å². The zero-order chi connectivity index (χ0) is 14.5. The van der Waals surface area contributed by atoms with Crippen LogP contribution < -0.4 is 11.1 Å². The van der Waals surface area contributed by atoms with Gasteiger partial charge in [-0.05, 0) is 5.41 Å². The minimum atomic E-state index is -1.18. The van der Waals surface area contributed by atoms with Gasteiger partial charge in [-0.1, -0.05) is 20.8 Å².